The minimum Gasteiger partial charge on any atom is -0.741 e. The molecule has 0 aromatic rings. The molecular formula is C2F6O6S2Sc+. The van der Waals surface area contributed by atoms with Crippen molar-refractivity contribution in [2.24, 2.45) is 0 Å². The molecule has 0 radical (unpaired) electrons. The Morgan fingerprint density at radius 3 is 0.706 bits per heavy atom. The van der Waals surface area contributed by atoms with E-state index in [1.54, 1.807) is 0 Å². The van der Waals surface area contributed by atoms with E-state index in [1.807, 2.05) is 0 Å². The summed E-state index contributed by atoms with van der Waals surface area (Å²) >= 11 is 0. The van der Waals surface area contributed by atoms with Gasteiger partial charge >= 0.3 is 36.9 Å². The summed E-state index contributed by atoms with van der Waals surface area (Å²) in [6.45, 7) is 0. The summed E-state index contributed by atoms with van der Waals surface area (Å²) in [6, 6.07) is 0. The molecule has 15 heteroatoms. The summed E-state index contributed by atoms with van der Waals surface area (Å²) < 4.78 is 118. The molecule has 0 N–H and O–H groups in total. The van der Waals surface area contributed by atoms with Gasteiger partial charge in [-0.3, -0.25) is 0 Å². The molecule has 0 amide bonds. The van der Waals surface area contributed by atoms with Crippen LogP contribution in [-0.2, 0) is 46.1 Å². The molecule has 0 atom stereocenters. The van der Waals surface area contributed by atoms with Gasteiger partial charge in [-0.1, -0.05) is 0 Å². The molecule has 0 aliphatic rings. The summed E-state index contributed by atoms with van der Waals surface area (Å²) in [7, 11) is -12.2. The molecule has 100 valence electrons. The summed E-state index contributed by atoms with van der Waals surface area (Å²) in [6.07, 6.45) is 0. The zero-order chi connectivity index (χ0) is 14.0. The Kier molecular flexibility index (Phi) is 8.51. The predicted molar refractivity (Wildman–Crippen MR) is 31.5 cm³/mol. The SMILES string of the molecule is O=S(=O)([O-])C(F)(F)F.O=S(=O)([O-])C(F)(F)F.[Sc+3]. The van der Waals surface area contributed by atoms with Gasteiger partial charge in [-0.25, -0.2) is 16.8 Å². The monoisotopic (exact) mass is 343 g/mol. The summed E-state index contributed by atoms with van der Waals surface area (Å²) in [4.78, 5) is 0. The molecular weight excluding hydrogens is 343 g/mol. The van der Waals surface area contributed by atoms with E-state index in [0.717, 1.165) is 0 Å². The summed E-state index contributed by atoms with van der Waals surface area (Å²) in [5.41, 5.74) is -11.3. The van der Waals surface area contributed by atoms with Gasteiger partial charge in [-0.2, -0.15) is 26.3 Å². The minimum absolute atomic E-state index is 0. The van der Waals surface area contributed by atoms with Gasteiger partial charge in [0.25, 0.3) is 0 Å². The van der Waals surface area contributed by atoms with Crippen LogP contribution in [0, 0.1) is 0 Å². The van der Waals surface area contributed by atoms with Crippen molar-refractivity contribution in [3.8, 4) is 0 Å². The van der Waals surface area contributed by atoms with E-state index < -0.39 is 31.3 Å². The quantitative estimate of drug-likeness (QED) is 0.350. The van der Waals surface area contributed by atoms with Gasteiger partial charge in [0, 0.05) is 0 Å². The average Bonchev–Trinajstić information content (AvgIpc) is 1.77. The fourth-order valence-electron chi connectivity index (χ4n) is 0. The molecule has 0 heterocycles. The van der Waals surface area contributed by atoms with Crippen LogP contribution < -0.4 is 0 Å². The van der Waals surface area contributed by atoms with Crippen LogP contribution in [0.4, 0.5) is 26.3 Å². The van der Waals surface area contributed by atoms with Gasteiger partial charge in [-0.05, 0) is 0 Å². The Bertz CT molecular complexity index is 374. The Morgan fingerprint density at radius 1 is 0.647 bits per heavy atom. The second-order valence-corrected chi connectivity index (χ2v) is 4.54. The first kappa shape index (κ1) is 22.5. The Balaban J connectivity index is -0.000000218. The smallest absolute Gasteiger partial charge is 0.741 e. The fraction of sp³-hybridized carbons (Fsp3) is 1.00. The van der Waals surface area contributed by atoms with Crippen LogP contribution in [-0.4, -0.2) is 37.0 Å². The van der Waals surface area contributed by atoms with Gasteiger partial charge < -0.3 is 9.11 Å². The first-order valence-electron chi connectivity index (χ1n) is 2.54. The number of halogens is 6. The number of hydrogen-bond donors (Lipinski definition) is 0. The molecule has 0 aromatic carbocycles. The second-order valence-electron chi connectivity index (χ2n) is 1.80. The van der Waals surface area contributed by atoms with E-state index in [1.165, 1.54) is 0 Å². The van der Waals surface area contributed by atoms with Crippen LogP contribution in [0.25, 0.3) is 0 Å². The molecule has 0 aliphatic carbocycles. The summed E-state index contributed by atoms with van der Waals surface area (Å²) in [5.74, 6) is 0. The topological polar surface area (TPSA) is 114 Å². The van der Waals surface area contributed by atoms with Crippen molar-refractivity contribution in [2.45, 2.75) is 11.0 Å². The predicted octanol–water partition coefficient (Wildman–Crippen LogP) is 0.100. The van der Waals surface area contributed by atoms with Crippen molar-refractivity contribution in [1.29, 1.82) is 0 Å². The zero-order valence-electron chi connectivity index (χ0n) is 7.11. The van der Waals surface area contributed by atoms with Gasteiger partial charge in [0.05, 0.1) is 0 Å². The number of rotatable bonds is 0. The molecule has 0 fully saturated rings. The van der Waals surface area contributed by atoms with E-state index in [0.29, 0.717) is 0 Å². The van der Waals surface area contributed by atoms with Crippen LogP contribution in [0.5, 0.6) is 0 Å². The van der Waals surface area contributed by atoms with Crippen LogP contribution >= 0.6 is 0 Å². The molecule has 0 aromatic heterocycles. The Hall–Kier alpha value is 0.270. The van der Waals surface area contributed by atoms with Gasteiger partial charge in [0.15, 0.2) is 20.2 Å². The number of alkyl halides is 6. The fourth-order valence-corrected chi connectivity index (χ4v) is 0. The maximum absolute atomic E-state index is 10.7. The van der Waals surface area contributed by atoms with E-state index in [2.05, 4.69) is 0 Å². The second kappa shape index (κ2) is 6.44. The third-order valence-corrected chi connectivity index (χ3v) is 1.70. The normalized spacial score (nSPS) is 13.2. The number of hydrogen-bond acceptors (Lipinski definition) is 6. The third-order valence-electron chi connectivity index (χ3n) is 0.567. The molecule has 0 saturated carbocycles. The molecule has 0 aliphatic heterocycles. The van der Waals surface area contributed by atoms with Crippen LogP contribution in [0.3, 0.4) is 0 Å². The van der Waals surface area contributed by atoms with Crippen molar-refractivity contribution in [2.75, 3.05) is 0 Å². The standard InChI is InChI=1S/2CHF3O3S.Sc/c2*2-1(3,4)8(5,6)7;/h2*(H,5,6,7);/q;;+3/p-2. The molecule has 0 saturated heterocycles. The van der Waals surface area contributed by atoms with Gasteiger partial charge in [0.2, 0.25) is 0 Å². The average molecular weight is 343 g/mol. The maximum Gasteiger partial charge on any atom is 3.00 e. The van der Waals surface area contributed by atoms with Crippen molar-refractivity contribution >= 4 is 20.2 Å². The molecule has 6 nitrogen and oxygen atoms in total. The van der Waals surface area contributed by atoms with Crippen LogP contribution in [0.1, 0.15) is 0 Å². The molecule has 17 heavy (non-hydrogen) atoms. The molecule has 0 spiro atoms. The van der Waals surface area contributed by atoms with E-state index in [9.17, 15) is 26.3 Å². The van der Waals surface area contributed by atoms with E-state index in [4.69, 9.17) is 25.9 Å². The van der Waals surface area contributed by atoms with Crippen LogP contribution in [0.2, 0.25) is 0 Å². The van der Waals surface area contributed by atoms with E-state index in [-0.39, 0.29) is 25.8 Å². The van der Waals surface area contributed by atoms with Crippen molar-refractivity contribution in [3.63, 3.8) is 0 Å². The van der Waals surface area contributed by atoms with Gasteiger partial charge in [0.1, 0.15) is 0 Å². The Labute approximate surface area is 109 Å². The molecule has 0 rings (SSSR count). The van der Waals surface area contributed by atoms with Gasteiger partial charge in [-0.15, -0.1) is 0 Å². The zero-order valence-corrected chi connectivity index (χ0v) is 10.5. The van der Waals surface area contributed by atoms with Crippen molar-refractivity contribution in [1.82, 2.24) is 0 Å². The summed E-state index contributed by atoms with van der Waals surface area (Å²) in [5, 5.41) is 0. The first-order valence-corrected chi connectivity index (χ1v) is 5.36. The first-order chi connectivity index (χ1) is 6.50. The van der Waals surface area contributed by atoms with E-state index >= 15 is 0 Å². The minimum atomic E-state index is -6.09. The van der Waals surface area contributed by atoms with Crippen LogP contribution in [0.15, 0.2) is 0 Å². The maximum atomic E-state index is 10.7. The third kappa shape index (κ3) is 9.93. The molecule has 0 bridgehead atoms. The van der Waals surface area contributed by atoms with Crippen molar-refractivity contribution in [3.05, 3.63) is 0 Å². The van der Waals surface area contributed by atoms with Crippen molar-refractivity contribution < 1.29 is 78.1 Å². The molecule has 0 unspecified atom stereocenters. The largest absolute Gasteiger partial charge is 3.00 e. The Morgan fingerprint density at radius 2 is 0.706 bits per heavy atom.